The molecule has 0 spiro atoms. The van der Waals surface area contributed by atoms with Crippen LogP contribution < -0.4 is 0 Å². The molecule has 0 heterocycles. The highest BCUT2D eigenvalue weighted by Crippen LogP contribution is 2.39. The van der Waals surface area contributed by atoms with Gasteiger partial charge in [0.2, 0.25) is 0 Å². The van der Waals surface area contributed by atoms with Crippen molar-refractivity contribution >= 4 is 9.84 Å². The van der Waals surface area contributed by atoms with Crippen LogP contribution in [0.3, 0.4) is 0 Å². The number of nitriles is 1. The van der Waals surface area contributed by atoms with Gasteiger partial charge in [0.1, 0.15) is 9.84 Å². The Morgan fingerprint density at radius 3 is 2.28 bits per heavy atom. The molecule has 1 aromatic carbocycles. The summed E-state index contributed by atoms with van der Waals surface area (Å²) < 4.78 is 23.2. The summed E-state index contributed by atoms with van der Waals surface area (Å²) >= 11 is 0. The van der Waals surface area contributed by atoms with Gasteiger partial charge < -0.3 is 0 Å². The maximum Gasteiger partial charge on any atom is 0.150 e. The summed E-state index contributed by atoms with van der Waals surface area (Å²) in [6, 6.07) is 10.4. The molecule has 1 aliphatic rings. The highest BCUT2D eigenvalue weighted by Gasteiger charge is 2.37. The van der Waals surface area contributed by atoms with Gasteiger partial charge >= 0.3 is 0 Å². The highest BCUT2D eigenvalue weighted by atomic mass is 32.2. The fourth-order valence-electron chi connectivity index (χ4n) is 2.50. The molecule has 3 nitrogen and oxygen atoms in total. The molecule has 0 bridgehead atoms. The van der Waals surface area contributed by atoms with Gasteiger partial charge in [0.25, 0.3) is 0 Å². The normalized spacial score (nSPS) is 17.1. The van der Waals surface area contributed by atoms with Gasteiger partial charge in [0.05, 0.1) is 17.2 Å². The van der Waals surface area contributed by atoms with Crippen LogP contribution in [0, 0.1) is 16.7 Å². The van der Waals surface area contributed by atoms with Gasteiger partial charge in [0, 0.05) is 5.75 Å². The van der Waals surface area contributed by atoms with Gasteiger partial charge in [-0.05, 0) is 30.4 Å². The first kappa shape index (κ1) is 13.1. The summed E-state index contributed by atoms with van der Waals surface area (Å²) in [6.07, 6.45) is 1.80. The molecule has 2 rings (SSSR count). The number of fused-ring (bicyclic) bond motifs is 1. The predicted octanol–water partition coefficient (Wildman–Crippen LogP) is 2.12. The topological polar surface area (TPSA) is 57.9 Å². The Balaban J connectivity index is 2.15. The Kier molecular flexibility index (Phi) is 3.45. The van der Waals surface area contributed by atoms with Crippen LogP contribution in [0.15, 0.2) is 24.3 Å². The predicted molar refractivity (Wildman–Crippen MR) is 70.8 cm³/mol. The number of nitrogens with zero attached hydrogens (tertiary/aromatic N) is 1. The standard InChI is InChI=1S/C14H17NO2S/c1-2-18(16,17)8-7-14(11-15)9-12-5-3-4-6-13(12)10-14/h3-6H,2,7-10H2,1H3. The van der Waals surface area contributed by atoms with E-state index < -0.39 is 15.3 Å². The van der Waals surface area contributed by atoms with E-state index in [0.29, 0.717) is 19.3 Å². The Hall–Kier alpha value is -1.34. The van der Waals surface area contributed by atoms with Crippen LogP contribution in [0.1, 0.15) is 24.5 Å². The molecular weight excluding hydrogens is 246 g/mol. The lowest BCUT2D eigenvalue weighted by atomic mass is 9.84. The first-order valence-electron chi connectivity index (χ1n) is 6.19. The lowest BCUT2D eigenvalue weighted by molar-refractivity contribution is 0.404. The second kappa shape index (κ2) is 4.74. The summed E-state index contributed by atoms with van der Waals surface area (Å²) in [4.78, 5) is 0. The SMILES string of the molecule is CCS(=O)(=O)CCC1(C#N)Cc2ccccc2C1. The van der Waals surface area contributed by atoms with Crippen molar-refractivity contribution in [3.63, 3.8) is 0 Å². The lowest BCUT2D eigenvalue weighted by Crippen LogP contribution is -2.24. The minimum Gasteiger partial charge on any atom is -0.229 e. The van der Waals surface area contributed by atoms with Gasteiger partial charge in [-0.1, -0.05) is 31.2 Å². The van der Waals surface area contributed by atoms with E-state index >= 15 is 0 Å². The second-order valence-corrected chi connectivity index (χ2v) is 7.47. The summed E-state index contributed by atoms with van der Waals surface area (Å²) in [5, 5.41) is 9.41. The van der Waals surface area contributed by atoms with Crippen molar-refractivity contribution in [2.24, 2.45) is 5.41 Å². The average molecular weight is 263 g/mol. The second-order valence-electron chi connectivity index (χ2n) is 5.00. The lowest BCUT2D eigenvalue weighted by Gasteiger charge is -2.19. The monoisotopic (exact) mass is 263 g/mol. The fourth-order valence-corrected chi connectivity index (χ4v) is 3.49. The molecule has 0 amide bonds. The number of rotatable bonds is 4. The first-order chi connectivity index (χ1) is 8.50. The van der Waals surface area contributed by atoms with Crippen LogP contribution in [-0.4, -0.2) is 19.9 Å². The van der Waals surface area contributed by atoms with Gasteiger partial charge in [-0.15, -0.1) is 0 Å². The molecule has 0 radical (unpaired) electrons. The van der Waals surface area contributed by atoms with E-state index in [2.05, 4.69) is 6.07 Å². The third-order valence-electron chi connectivity index (χ3n) is 3.74. The third-order valence-corrected chi connectivity index (χ3v) is 5.45. The molecule has 0 aromatic heterocycles. The summed E-state index contributed by atoms with van der Waals surface area (Å²) in [5.41, 5.74) is 1.85. The Morgan fingerprint density at radius 1 is 1.28 bits per heavy atom. The van der Waals surface area contributed by atoms with E-state index in [1.165, 1.54) is 11.1 Å². The number of benzene rings is 1. The average Bonchev–Trinajstić information content (AvgIpc) is 2.76. The molecule has 0 saturated carbocycles. The molecule has 18 heavy (non-hydrogen) atoms. The summed E-state index contributed by atoms with van der Waals surface area (Å²) in [7, 11) is -2.99. The largest absolute Gasteiger partial charge is 0.229 e. The molecule has 4 heteroatoms. The van der Waals surface area contributed by atoms with Gasteiger partial charge in [-0.2, -0.15) is 5.26 Å². The van der Waals surface area contributed by atoms with Crippen LogP contribution in [0.5, 0.6) is 0 Å². The van der Waals surface area contributed by atoms with Crippen molar-refractivity contribution in [3.05, 3.63) is 35.4 Å². The van der Waals surface area contributed by atoms with E-state index in [4.69, 9.17) is 0 Å². The van der Waals surface area contributed by atoms with E-state index in [-0.39, 0.29) is 11.5 Å². The van der Waals surface area contributed by atoms with Gasteiger partial charge in [-0.25, -0.2) is 8.42 Å². The van der Waals surface area contributed by atoms with E-state index in [1.54, 1.807) is 6.92 Å². The molecule has 96 valence electrons. The van der Waals surface area contributed by atoms with Crippen molar-refractivity contribution in [2.45, 2.75) is 26.2 Å². The third kappa shape index (κ3) is 2.56. The molecule has 1 aromatic rings. The fraction of sp³-hybridized carbons (Fsp3) is 0.500. The van der Waals surface area contributed by atoms with Crippen LogP contribution in [0.2, 0.25) is 0 Å². The Morgan fingerprint density at radius 2 is 1.83 bits per heavy atom. The van der Waals surface area contributed by atoms with Crippen molar-refractivity contribution in [1.29, 1.82) is 5.26 Å². The highest BCUT2D eigenvalue weighted by molar-refractivity contribution is 7.91. The Labute approximate surface area is 108 Å². The quantitative estimate of drug-likeness (QED) is 0.836. The zero-order valence-electron chi connectivity index (χ0n) is 10.5. The molecule has 0 fully saturated rings. The van der Waals surface area contributed by atoms with E-state index in [9.17, 15) is 13.7 Å². The van der Waals surface area contributed by atoms with Crippen LogP contribution in [-0.2, 0) is 22.7 Å². The molecule has 0 N–H and O–H groups in total. The minimum atomic E-state index is -2.99. The number of hydrogen-bond donors (Lipinski definition) is 0. The Bertz CT molecular complexity index is 559. The summed E-state index contributed by atoms with van der Waals surface area (Å²) in [6.45, 7) is 1.65. The number of sulfone groups is 1. The molecule has 0 aliphatic heterocycles. The van der Waals surface area contributed by atoms with Gasteiger partial charge in [0.15, 0.2) is 0 Å². The van der Waals surface area contributed by atoms with Crippen molar-refractivity contribution in [3.8, 4) is 6.07 Å². The molecule has 0 unspecified atom stereocenters. The summed E-state index contributed by atoms with van der Waals surface area (Å²) in [5.74, 6) is 0.270. The molecular formula is C14H17NO2S. The molecule has 0 atom stereocenters. The van der Waals surface area contributed by atoms with E-state index in [0.717, 1.165) is 0 Å². The van der Waals surface area contributed by atoms with Crippen LogP contribution in [0.25, 0.3) is 0 Å². The van der Waals surface area contributed by atoms with Gasteiger partial charge in [-0.3, -0.25) is 0 Å². The van der Waals surface area contributed by atoms with Crippen LogP contribution >= 0.6 is 0 Å². The van der Waals surface area contributed by atoms with Crippen LogP contribution in [0.4, 0.5) is 0 Å². The molecule has 0 saturated heterocycles. The number of hydrogen-bond acceptors (Lipinski definition) is 3. The zero-order valence-corrected chi connectivity index (χ0v) is 11.3. The van der Waals surface area contributed by atoms with Crippen molar-refractivity contribution in [2.75, 3.05) is 11.5 Å². The van der Waals surface area contributed by atoms with Crippen molar-refractivity contribution < 1.29 is 8.42 Å². The maximum atomic E-state index is 11.6. The maximum absolute atomic E-state index is 11.6. The zero-order chi connectivity index (χ0) is 13.2. The van der Waals surface area contributed by atoms with Crippen molar-refractivity contribution in [1.82, 2.24) is 0 Å². The molecule has 1 aliphatic carbocycles. The smallest absolute Gasteiger partial charge is 0.150 e. The minimum absolute atomic E-state index is 0.116. The van der Waals surface area contributed by atoms with E-state index in [1.807, 2.05) is 24.3 Å². The first-order valence-corrected chi connectivity index (χ1v) is 8.01.